The smallest absolute Gasteiger partial charge is 0.405 e. The summed E-state index contributed by atoms with van der Waals surface area (Å²) < 4.78 is 45.4. The Bertz CT molecular complexity index is 629. The van der Waals surface area contributed by atoms with Crippen LogP contribution >= 0.6 is 0 Å². The van der Waals surface area contributed by atoms with E-state index in [0.717, 1.165) is 5.56 Å². The fourth-order valence-electron chi connectivity index (χ4n) is 3.24. The van der Waals surface area contributed by atoms with E-state index in [-0.39, 0.29) is 6.61 Å². The Morgan fingerprint density at radius 1 is 1.30 bits per heavy atom. The molecule has 1 aliphatic rings. The van der Waals surface area contributed by atoms with Crippen LogP contribution < -0.4 is 15.4 Å². The average Bonchev–Trinajstić information content (AvgIpc) is 2.59. The van der Waals surface area contributed by atoms with Crippen molar-refractivity contribution in [1.82, 2.24) is 15.5 Å². The second kappa shape index (κ2) is 9.41. The summed E-state index contributed by atoms with van der Waals surface area (Å²) in [5, 5.41) is 5.38. The summed E-state index contributed by atoms with van der Waals surface area (Å²) in [6.45, 7) is 6.98. The van der Waals surface area contributed by atoms with E-state index in [4.69, 9.17) is 4.74 Å². The van der Waals surface area contributed by atoms with Crippen molar-refractivity contribution < 1.29 is 22.7 Å². The molecule has 8 heteroatoms. The van der Waals surface area contributed by atoms with Gasteiger partial charge in [0.2, 0.25) is 0 Å². The number of amides is 1. The Kier molecular flexibility index (Phi) is 7.49. The lowest BCUT2D eigenvalue weighted by atomic mass is 9.98. The molecule has 1 aliphatic heterocycles. The van der Waals surface area contributed by atoms with Crippen LogP contribution in [0.4, 0.5) is 13.2 Å². The van der Waals surface area contributed by atoms with Gasteiger partial charge in [0.25, 0.3) is 5.91 Å². The Morgan fingerprint density at radius 3 is 2.52 bits per heavy atom. The van der Waals surface area contributed by atoms with Gasteiger partial charge in [-0.05, 0) is 36.1 Å². The van der Waals surface area contributed by atoms with E-state index >= 15 is 0 Å². The number of nitrogens with zero attached hydrogens (tertiary/aromatic N) is 1. The van der Waals surface area contributed by atoms with Crippen LogP contribution in [0.2, 0.25) is 0 Å². The molecule has 2 N–H and O–H groups in total. The lowest BCUT2D eigenvalue weighted by Gasteiger charge is -2.35. The summed E-state index contributed by atoms with van der Waals surface area (Å²) in [6, 6.07) is 3.87. The summed E-state index contributed by atoms with van der Waals surface area (Å²) in [5.74, 6) is 0.345. The number of piperazine rings is 1. The first-order valence-electron chi connectivity index (χ1n) is 9.20. The van der Waals surface area contributed by atoms with E-state index in [9.17, 15) is 18.0 Å². The van der Waals surface area contributed by atoms with Crippen LogP contribution in [-0.4, -0.2) is 62.4 Å². The molecular weight excluding hydrogens is 359 g/mol. The molecule has 1 fully saturated rings. The second-order valence-corrected chi connectivity index (χ2v) is 7.11. The highest BCUT2D eigenvalue weighted by Gasteiger charge is 2.43. The Morgan fingerprint density at radius 2 is 1.96 bits per heavy atom. The topological polar surface area (TPSA) is 53.6 Å². The van der Waals surface area contributed by atoms with Crippen LogP contribution in [0.5, 0.6) is 5.75 Å². The zero-order chi connectivity index (χ0) is 20.0. The highest BCUT2D eigenvalue weighted by Crippen LogP contribution is 2.25. The highest BCUT2D eigenvalue weighted by atomic mass is 19.4. The van der Waals surface area contributed by atoms with Crippen molar-refractivity contribution in [2.45, 2.75) is 38.9 Å². The monoisotopic (exact) mass is 387 g/mol. The minimum absolute atomic E-state index is 0.304. The van der Waals surface area contributed by atoms with Gasteiger partial charge in [-0.1, -0.05) is 19.9 Å². The maximum atomic E-state index is 13.3. The predicted octanol–water partition coefficient (Wildman–Crippen LogP) is 2.45. The van der Waals surface area contributed by atoms with Gasteiger partial charge in [-0.15, -0.1) is 0 Å². The number of carbonyl (C=O) groups is 1. The van der Waals surface area contributed by atoms with E-state index in [0.29, 0.717) is 37.8 Å². The zero-order valence-electron chi connectivity index (χ0n) is 16.0. The first-order chi connectivity index (χ1) is 12.7. The number of rotatable bonds is 7. The van der Waals surface area contributed by atoms with Crippen molar-refractivity contribution in [1.29, 1.82) is 0 Å². The average molecular weight is 387 g/mol. The summed E-state index contributed by atoms with van der Waals surface area (Å²) >= 11 is 0. The molecule has 1 heterocycles. The van der Waals surface area contributed by atoms with Crippen molar-refractivity contribution in [2.75, 3.05) is 39.3 Å². The number of hydrogen-bond donors (Lipinski definition) is 2. The molecule has 0 radical (unpaired) electrons. The molecule has 1 aromatic rings. The second-order valence-electron chi connectivity index (χ2n) is 7.11. The molecule has 1 unspecified atom stereocenters. The van der Waals surface area contributed by atoms with E-state index in [2.05, 4.69) is 24.5 Å². The van der Waals surface area contributed by atoms with Gasteiger partial charge in [0, 0.05) is 32.7 Å². The molecular formula is C19H28F3N3O2. The quantitative estimate of drug-likeness (QED) is 0.755. The molecule has 1 atom stereocenters. The number of halogens is 3. The molecule has 152 valence electrons. The van der Waals surface area contributed by atoms with Crippen LogP contribution in [0.3, 0.4) is 0 Å². The van der Waals surface area contributed by atoms with Crippen molar-refractivity contribution in [2.24, 2.45) is 0 Å². The van der Waals surface area contributed by atoms with Gasteiger partial charge in [0.15, 0.2) is 6.61 Å². The maximum absolute atomic E-state index is 13.3. The molecule has 2 rings (SSSR count). The third-order valence-corrected chi connectivity index (χ3v) is 4.70. The van der Waals surface area contributed by atoms with E-state index in [1.807, 2.05) is 19.1 Å². The Labute approximate surface area is 158 Å². The third kappa shape index (κ3) is 6.39. The number of hydrogen-bond acceptors (Lipinski definition) is 4. The minimum atomic E-state index is -4.39. The van der Waals surface area contributed by atoms with Gasteiger partial charge >= 0.3 is 6.18 Å². The van der Waals surface area contributed by atoms with E-state index < -0.39 is 24.7 Å². The lowest BCUT2D eigenvalue weighted by molar-refractivity contribution is -0.184. The third-order valence-electron chi connectivity index (χ3n) is 4.70. The largest absolute Gasteiger partial charge is 0.484 e. The van der Waals surface area contributed by atoms with Crippen molar-refractivity contribution in [3.8, 4) is 5.75 Å². The van der Waals surface area contributed by atoms with Crippen LogP contribution in [0.25, 0.3) is 0 Å². The van der Waals surface area contributed by atoms with Gasteiger partial charge in [-0.25, -0.2) is 0 Å². The molecule has 27 heavy (non-hydrogen) atoms. The molecule has 0 aliphatic carbocycles. The van der Waals surface area contributed by atoms with Crippen molar-refractivity contribution in [3.05, 3.63) is 29.3 Å². The van der Waals surface area contributed by atoms with Gasteiger partial charge in [0.05, 0.1) is 0 Å². The first kappa shape index (κ1) is 21.5. The number of ether oxygens (including phenoxy) is 1. The van der Waals surface area contributed by atoms with Crippen LogP contribution in [0.1, 0.15) is 30.9 Å². The van der Waals surface area contributed by atoms with E-state index in [1.165, 1.54) is 10.5 Å². The number of carbonyl (C=O) groups excluding carboxylic acids is 1. The first-order valence-corrected chi connectivity index (χ1v) is 9.20. The molecule has 1 saturated heterocycles. The van der Waals surface area contributed by atoms with Crippen molar-refractivity contribution in [3.63, 3.8) is 0 Å². The number of aryl methyl sites for hydroxylation is 1. The summed E-state index contributed by atoms with van der Waals surface area (Å²) in [5.41, 5.74) is 2.24. The summed E-state index contributed by atoms with van der Waals surface area (Å²) in [7, 11) is 0. The highest BCUT2D eigenvalue weighted by molar-refractivity contribution is 5.77. The minimum Gasteiger partial charge on any atom is -0.484 e. The Balaban J connectivity index is 1.86. The van der Waals surface area contributed by atoms with Gasteiger partial charge in [0.1, 0.15) is 11.8 Å². The van der Waals surface area contributed by atoms with Crippen LogP contribution in [0, 0.1) is 6.92 Å². The van der Waals surface area contributed by atoms with Crippen LogP contribution in [0.15, 0.2) is 18.2 Å². The SMILES string of the molecule is Cc1cc(OCC(=O)NCC(N2CCNCC2)C(F)(F)F)ccc1C(C)C. The van der Waals surface area contributed by atoms with Crippen LogP contribution in [-0.2, 0) is 4.79 Å². The van der Waals surface area contributed by atoms with Gasteiger partial charge in [-0.3, -0.25) is 9.69 Å². The number of alkyl halides is 3. The lowest BCUT2D eigenvalue weighted by Crippen LogP contribution is -2.57. The number of benzene rings is 1. The fourth-order valence-corrected chi connectivity index (χ4v) is 3.24. The zero-order valence-corrected chi connectivity index (χ0v) is 16.0. The standard InChI is InChI=1S/C19H28F3N3O2/c1-13(2)16-5-4-15(10-14(16)3)27-12-18(26)24-11-17(19(20,21)22)25-8-6-23-7-9-25/h4-5,10,13,17,23H,6-9,11-12H2,1-3H3,(H,24,26). The molecule has 1 aromatic carbocycles. The fraction of sp³-hybridized carbons (Fsp3) is 0.632. The molecule has 0 aromatic heterocycles. The Hall–Kier alpha value is -1.80. The molecule has 1 amide bonds. The van der Waals surface area contributed by atoms with E-state index in [1.54, 1.807) is 6.07 Å². The van der Waals surface area contributed by atoms with Gasteiger partial charge < -0.3 is 15.4 Å². The normalized spacial score (nSPS) is 17.0. The molecule has 5 nitrogen and oxygen atoms in total. The summed E-state index contributed by atoms with van der Waals surface area (Å²) in [4.78, 5) is 13.3. The number of nitrogens with one attached hydrogen (secondary N) is 2. The summed E-state index contributed by atoms with van der Waals surface area (Å²) in [6.07, 6.45) is -4.39. The van der Waals surface area contributed by atoms with Crippen molar-refractivity contribution >= 4 is 5.91 Å². The molecule has 0 saturated carbocycles. The maximum Gasteiger partial charge on any atom is 0.405 e. The molecule has 0 bridgehead atoms. The predicted molar refractivity (Wildman–Crippen MR) is 98.1 cm³/mol. The van der Waals surface area contributed by atoms with Gasteiger partial charge in [-0.2, -0.15) is 13.2 Å². The molecule has 0 spiro atoms.